The van der Waals surface area contributed by atoms with Gasteiger partial charge in [-0.05, 0) is 37.3 Å². The molecule has 1 aliphatic rings. The number of hydrogen-bond acceptors (Lipinski definition) is 3. The summed E-state index contributed by atoms with van der Waals surface area (Å²) in [6.07, 6.45) is 3.30. The lowest BCUT2D eigenvalue weighted by molar-refractivity contribution is 0.0760. The van der Waals surface area contributed by atoms with Crippen LogP contribution < -0.4 is 5.73 Å². The summed E-state index contributed by atoms with van der Waals surface area (Å²) in [7, 11) is 0. The average molecular weight is 268 g/mol. The first-order valence-corrected chi connectivity index (χ1v) is 6.66. The molecule has 4 nitrogen and oxygen atoms in total. The highest BCUT2D eigenvalue weighted by molar-refractivity contribution is 6.29. The number of rotatable bonds is 1. The fourth-order valence-electron chi connectivity index (χ4n) is 2.29. The van der Waals surface area contributed by atoms with Gasteiger partial charge in [0, 0.05) is 18.7 Å². The molecule has 1 atom stereocenters. The highest BCUT2D eigenvalue weighted by Gasteiger charge is 2.20. The number of nitrogens with two attached hydrogens (primary N) is 1. The lowest BCUT2D eigenvalue weighted by atomic mass is 10.0. The summed E-state index contributed by atoms with van der Waals surface area (Å²) < 4.78 is 0. The zero-order valence-electron chi connectivity index (χ0n) is 10.5. The number of nitrogen functional groups attached to an aromatic ring is 1. The lowest BCUT2D eigenvalue weighted by Gasteiger charge is -2.20. The van der Waals surface area contributed by atoms with Gasteiger partial charge in [-0.25, -0.2) is 4.98 Å². The molecule has 0 radical (unpaired) electrons. The molecule has 2 heterocycles. The predicted octanol–water partition coefficient (Wildman–Crippen LogP) is 2.58. The molecule has 2 N–H and O–H groups in total. The smallest absolute Gasteiger partial charge is 0.254 e. The summed E-state index contributed by atoms with van der Waals surface area (Å²) in [5, 5.41) is 0.265. The van der Waals surface area contributed by atoms with Gasteiger partial charge in [0.1, 0.15) is 11.0 Å². The topological polar surface area (TPSA) is 59.2 Å². The Labute approximate surface area is 112 Å². The van der Waals surface area contributed by atoms with Crippen LogP contribution in [0.15, 0.2) is 12.1 Å². The number of halogens is 1. The number of amides is 1. The molecule has 98 valence electrons. The quantitative estimate of drug-likeness (QED) is 0.796. The van der Waals surface area contributed by atoms with Crippen LogP contribution in [-0.2, 0) is 0 Å². The second kappa shape index (κ2) is 5.57. The summed E-state index contributed by atoms with van der Waals surface area (Å²) in [5.41, 5.74) is 6.14. The van der Waals surface area contributed by atoms with Crippen LogP contribution in [0.5, 0.6) is 0 Å². The summed E-state index contributed by atoms with van der Waals surface area (Å²) in [4.78, 5) is 18.1. The lowest BCUT2D eigenvalue weighted by Crippen LogP contribution is -2.32. The van der Waals surface area contributed by atoms with Crippen LogP contribution in [0.2, 0.25) is 5.15 Å². The van der Waals surface area contributed by atoms with E-state index in [9.17, 15) is 4.79 Å². The Hall–Kier alpha value is -1.29. The Morgan fingerprint density at radius 1 is 1.44 bits per heavy atom. The van der Waals surface area contributed by atoms with Gasteiger partial charge in [0.05, 0.1) is 0 Å². The Balaban J connectivity index is 2.14. The van der Waals surface area contributed by atoms with Crippen LogP contribution in [0.25, 0.3) is 0 Å². The van der Waals surface area contributed by atoms with Crippen molar-refractivity contribution in [1.29, 1.82) is 0 Å². The van der Waals surface area contributed by atoms with E-state index in [1.807, 2.05) is 4.90 Å². The summed E-state index contributed by atoms with van der Waals surface area (Å²) in [6.45, 7) is 3.85. The molecule has 1 saturated heterocycles. The van der Waals surface area contributed by atoms with E-state index in [0.717, 1.165) is 25.9 Å². The van der Waals surface area contributed by atoms with E-state index in [1.165, 1.54) is 6.42 Å². The number of likely N-dealkylation sites (tertiary alicyclic amines) is 1. The van der Waals surface area contributed by atoms with E-state index in [1.54, 1.807) is 12.1 Å². The van der Waals surface area contributed by atoms with E-state index in [2.05, 4.69) is 11.9 Å². The van der Waals surface area contributed by atoms with Gasteiger partial charge in [-0.1, -0.05) is 18.5 Å². The summed E-state index contributed by atoms with van der Waals surface area (Å²) >= 11 is 5.83. The molecule has 1 unspecified atom stereocenters. The van der Waals surface area contributed by atoms with Gasteiger partial charge in [0.15, 0.2) is 0 Å². The fourth-order valence-corrected chi connectivity index (χ4v) is 2.50. The molecule has 0 saturated carbocycles. The van der Waals surface area contributed by atoms with Crippen molar-refractivity contribution in [1.82, 2.24) is 9.88 Å². The van der Waals surface area contributed by atoms with Gasteiger partial charge in [0.2, 0.25) is 0 Å². The van der Waals surface area contributed by atoms with Crippen molar-refractivity contribution in [2.75, 3.05) is 18.8 Å². The third-order valence-corrected chi connectivity index (χ3v) is 3.56. The van der Waals surface area contributed by atoms with Gasteiger partial charge in [-0.15, -0.1) is 0 Å². The number of pyridine rings is 1. The molecule has 0 aromatic carbocycles. The number of aromatic nitrogens is 1. The van der Waals surface area contributed by atoms with E-state index < -0.39 is 0 Å². The highest BCUT2D eigenvalue weighted by atomic mass is 35.5. The first-order chi connectivity index (χ1) is 8.56. The van der Waals surface area contributed by atoms with Crippen molar-refractivity contribution in [3.8, 4) is 0 Å². The van der Waals surface area contributed by atoms with Gasteiger partial charge in [-0.3, -0.25) is 4.79 Å². The molecule has 1 amide bonds. The molecule has 1 fully saturated rings. The maximum Gasteiger partial charge on any atom is 0.254 e. The molecule has 2 rings (SSSR count). The Kier molecular flexibility index (Phi) is 4.07. The first-order valence-electron chi connectivity index (χ1n) is 6.28. The minimum absolute atomic E-state index is 0.0000926. The van der Waals surface area contributed by atoms with Crippen LogP contribution in [0, 0.1) is 5.92 Å². The fraction of sp³-hybridized carbons (Fsp3) is 0.538. The number of carbonyl (C=O) groups is 1. The highest BCUT2D eigenvalue weighted by Crippen LogP contribution is 2.20. The van der Waals surface area contributed by atoms with Gasteiger partial charge in [0.25, 0.3) is 5.91 Å². The molecule has 0 spiro atoms. The van der Waals surface area contributed by atoms with Crippen LogP contribution >= 0.6 is 11.6 Å². The van der Waals surface area contributed by atoms with Crippen LogP contribution in [0.3, 0.4) is 0 Å². The molecule has 0 bridgehead atoms. The number of nitrogens with zero attached hydrogens (tertiary/aromatic N) is 2. The van der Waals surface area contributed by atoms with E-state index in [0.29, 0.717) is 11.5 Å². The van der Waals surface area contributed by atoms with Crippen molar-refractivity contribution in [2.45, 2.75) is 26.2 Å². The molecule has 1 aromatic heterocycles. The second-order valence-electron chi connectivity index (χ2n) is 4.93. The van der Waals surface area contributed by atoms with E-state index >= 15 is 0 Å². The maximum atomic E-state index is 12.3. The SMILES string of the molecule is CC1CCCN(C(=O)c2cc(N)nc(Cl)c2)CC1. The molecule has 0 aliphatic carbocycles. The zero-order chi connectivity index (χ0) is 13.1. The number of anilines is 1. The largest absolute Gasteiger partial charge is 0.384 e. The monoisotopic (exact) mass is 267 g/mol. The van der Waals surface area contributed by atoms with Crippen LogP contribution in [0.4, 0.5) is 5.82 Å². The molecular formula is C13H18ClN3O. The Morgan fingerprint density at radius 2 is 2.22 bits per heavy atom. The average Bonchev–Trinajstić information content (AvgIpc) is 2.52. The number of hydrogen-bond donors (Lipinski definition) is 1. The summed E-state index contributed by atoms with van der Waals surface area (Å²) in [5.74, 6) is 0.975. The standard InChI is InChI=1S/C13H18ClN3O/c1-9-3-2-5-17(6-4-9)13(18)10-7-11(14)16-12(15)8-10/h7-9H,2-6H2,1H3,(H2,15,16). The van der Waals surface area contributed by atoms with Crippen molar-refractivity contribution in [2.24, 2.45) is 5.92 Å². The number of carbonyl (C=O) groups excluding carboxylic acids is 1. The predicted molar refractivity (Wildman–Crippen MR) is 72.6 cm³/mol. The van der Waals surface area contributed by atoms with Crippen LogP contribution in [-0.4, -0.2) is 28.9 Å². The molecule has 1 aromatic rings. The van der Waals surface area contributed by atoms with Gasteiger partial charge in [-0.2, -0.15) is 0 Å². The van der Waals surface area contributed by atoms with E-state index in [-0.39, 0.29) is 16.9 Å². The van der Waals surface area contributed by atoms with Gasteiger partial charge < -0.3 is 10.6 Å². The van der Waals surface area contributed by atoms with Crippen molar-refractivity contribution in [3.63, 3.8) is 0 Å². The molecular weight excluding hydrogens is 250 g/mol. The maximum absolute atomic E-state index is 12.3. The second-order valence-corrected chi connectivity index (χ2v) is 5.32. The zero-order valence-corrected chi connectivity index (χ0v) is 11.3. The third-order valence-electron chi connectivity index (χ3n) is 3.36. The third kappa shape index (κ3) is 3.13. The van der Waals surface area contributed by atoms with Gasteiger partial charge >= 0.3 is 0 Å². The molecule has 5 heteroatoms. The summed E-state index contributed by atoms with van der Waals surface area (Å²) in [6, 6.07) is 3.16. The van der Waals surface area contributed by atoms with Crippen LogP contribution in [0.1, 0.15) is 36.5 Å². The Bertz CT molecular complexity index is 430. The molecule has 18 heavy (non-hydrogen) atoms. The van der Waals surface area contributed by atoms with Crippen molar-refractivity contribution < 1.29 is 4.79 Å². The van der Waals surface area contributed by atoms with E-state index in [4.69, 9.17) is 17.3 Å². The Morgan fingerprint density at radius 3 is 2.94 bits per heavy atom. The minimum Gasteiger partial charge on any atom is -0.384 e. The van der Waals surface area contributed by atoms with Crippen molar-refractivity contribution in [3.05, 3.63) is 22.8 Å². The van der Waals surface area contributed by atoms with Crippen molar-refractivity contribution >= 4 is 23.3 Å². The minimum atomic E-state index is 0.0000926. The first kappa shape index (κ1) is 13.1. The normalized spacial score (nSPS) is 20.6. The molecule has 1 aliphatic heterocycles.